The lowest BCUT2D eigenvalue weighted by atomic mass is 10.2. The van der Waals surface area contributed by atoms with E-state index in [1.165, 1.54) is 12.1 Å². The first-order chi connectivity index (χ1) is 8.66. The lowest BCUT2D eigenvalue weighted by Gasteiger charge is -1.97. The molecule has 0 saturated carbocycles. The molecule has 1 aromatic heterocycles. The van der Waals surface area contributed by atoms with Crippen LogP contribution < -0.4 is 0 Å². The molecule has 0 aliphatic heterocycles. The van der Waals surface area contributed by atoms with E-state index in [9.17, 15) is 4.79 Å². The molecule has 0 radical (unpaired) electrons. The molecule has 18 heavy (non-hydrogen) atoms. The van der Waals surface area contributed by atoms with Gasteiger partial charge < -0.3 is 5.11 Å². The van der Waals surface area contributed by atoms with Gasteiger partial charge in [-0.1, -0.05) is 0 Å². The number of aromatic carboxylic acids is 1. The Morgan fingerprint density at radius 2 is 2.00 bits per heavy atom. The summed E-state index contributed by atoms with van der Waals surface area (Å²) in [5, 5.41) is 8.77. The molecule has 5 heteroatoms. The summed E-state index contributed by atoms with van der Waals surface area (Å²) in [6.45, 7) is 0. The van der Waals surface area contributed by atoms with Crippen LogP contribution in [0.15, 0.2) is 52.2 Å². The maximum atomic E-state index is 10.7. The predicted octanol–water partition coefficient (Wildman–Crippen LogP) is 3.29. The zero-order valence-electron chi connectivity index (χ0n) is 9.25. The minimum atomic E-state index is -0.944. The molecule has 2 rings (SSSR count). The topological polar surface area (TPSA) is 62.5 Å². The Bertz CT molecular complexity index is 594. The molecule has 0 unspecified atom stereocenters. The molecule has 90 valence electrons. The van der Waals surface area contributed by atoms with E-state index in [-0.39, 0.29) is 5.56 Å². The lowest BCUT2D eigenvalue weighted by molar-refractivity contribution is 0.0697. The Hall–Kier alpha value is -2.01. The normalized spacial score (nSPS) is 10.7. The smallest absolute Gasteiger partial charge is 0.335 e. The minimum Gasteiger partial charge on any atom is -0.478 e. The summed E-state index contributed by atoms with van der Waals surface area (Å²) in [6.07, 6.45) is 3.36. The average molecular weight is 305 g/mol. The molecule has 0 atom stereocenters. The van der Waals surface area contributed by atoms with Crippen LogP contribution in [-0.4, -0.2) is 22.3 Å². The van der Waals surface area contributed by atoms with Gasteiger partial charge in [-0.25, -0.2) is 9.78 Å². The number of nitrogens with zero attached hydrogens (tertiary/aromatic N) is 2. The summed E-state index contributed by atoms with van der Waals surface area (Å²) in [6, 6.07) is 10.1. The fraction of sp³-hybridized carbons (Fsp3) is 0. The largest absolute Gasteiger partial charge is 0.478 e. The molecular weight excluding hydrogens is 296 g/mol. The molecule has 0 amide bonds. The Morgan fingerprint density at radius 3 is 2.61 bits per heavy atom. The number of halogens is 1. The van der Waals surface area contributed by atoms with Crippen molar-refractivity contribution in [1.82, 2.24) is 4.98 Å². The summed E-state index contributed by atoms with van der Waals surface area (Å²) in [5.41, 5.74) is 1.80. The minimum absolute atomic E-state index is 0.247. The van der Waals surface area contributed by atoms with E-state index in [0.717, 1.165) is 10.2 Å². The number of aliphatic imine (C=N–C) groups is 1. The van der Waals surface area contributed by atoms with Crippen molar-refractivity contribution >= 4 is 33.8 Å². The molecule has 0 bridgehead atoms. The number of benzene rings is 1. The van der Waals surface area contributed by atoms with Crippen LogP contribution in [0.2, 0.25) is 0 Å². The summed E-state index contributed by atoms with van der Waals surface area (Å²) < 4.78 is 0.718. The van der Waals surface area contributed by atoms with Gasteiger partial charge in [0.1, 0.15) is 4.60 Å². The number of carboxylic acids is 1. The van der Waals surface area contributed by atoms with Crippen LogP contribution in [0.1, 0.15) is 15.9 Å². The van der Waals surface area contributed by atoms with Crippen LogP contribution in [0.4, 0.5) is 5.69 Å². The molecule has 2 aromatic rings. The first-order valence-corrected chi connectivity index (χ1v) is 5.94. The standard InChI is InChI=1S/C13H9BrN2O2/c14-12-10(2-1-7-15-12)8-16-11-5-3-9(4-6-11)13(17)18/h1-8H,(H,17,18)/b16-8+. The summed E-state index contributed by atoms with van der Waals surface area (Å²) in [4.78, 5) is 19.0. The monoisotopic (exact) mass is 304 g/mol. The molecule has 1 N–H and O–H groups in total. The highest BCUT2D eigenvalue weighted by atomic mass is 79.9. The molecular formula is C13H9BrN2O2. The van der Waals surface area contributed by atoms with Crippen LogP contribution in [0.3, 0.4) is 0 Å². The van der Waals surface area contributed by atoms with Crippen LogP contribution in [-0.2, 0) is 0 Å². The second kappa shape index (κ2) is 5.55. The fourth-order valence-electron chi connectivity index (χ4n) is 1.33. The van der Waals surface area contributed by atoms with Gasteiger partial charge in [0.05, 0.1) is 11.3 Å². The molecule has 0 aliphatic carbocycles. The fourth-order valence-corrected chi connectivity index (χ4v) is 1.68. The number of hydrogen-bond acceptors (Lipinski definition) is 3. The Balaban J connectivity index is 2.19. The number of aromatic nitrogens is 1. The number of carbonyl (C=O) groups is 1. The van der Waals surface area contributed by atoms with Crippen molar-refractivity contribution in [2.24, 2.45) is 4.99 Å². The number of hydrogen-bond donors (Lipinski definition) is 1. The average Bonchev–Trinajstić information content (AvgIpc) is 2.38. The van der Waals surface area contributed by atoms with Gasteiger partial charge in [-0.3, -0.25) is 4.99 Å². The van der Waals surface area contributed by atoms with E-state index < -0.39 is 5.97 Å². The van der Waals surface area contributed by atoms with Crippen LogP contribution >= 0.6 is 15.9 Å². The van der Waals surface area contributed by atoms with Crippen LogP contribution in [0.25, 0.3) is 0 Å². The quantitative estimate of drug-likeness (QED) is 0.699. The number of pyridine rings is 1. The second-order valence-electron chi connectivity index (χ2n) is 3.49. The third-order valence-corrected chi connectivity index (χ3v) is 2.92. The highest BCUT2D eigenvalue weighted by molar-refractivity contribution is 9.10. The zero-order chi connectivity index (χ0) is 13.0. The van der Waals surface area contributed by atoms with Crippen molar-refractivity contribution in [2.75, 3.05) is 0 Å². The van der Waals surface area contributed by atoms with Crippen molar-refractivity contribution in [1.29, 1.82) is 0 Å². The van der Waals surface area contributed by atoms with Gasteiger partial charge in [0.25, 0.3) is 0 Å². The molecule has 0 fully saturated rings. The highest BCUT2D eigenvalue weighted by Gasteiger charge is 2.00. The summed E-state index contributed by atoms with van der Waals surface area (Å²) in [5.74, 6) is -0.944. The van der Waals surface area contributed by atoms with E-state index in [2.05, 4.69) is 25.9 Å². The highest BCUT2D eigenvalue weighted by Crippen LogP contribution is 2.15. The van der Waals surface area contributed by atoms with Gasteiger partial charge in [0.15, 0.2) is 0 Å². The molecule has 0 aliphatic rings. The third-order valence-electron chi connectivity index (χ3n) is 2.25. The number of rotatable bonds is 3. The maximum absolute atomic E-state index is 10.7. The van der Waals surface area contributed by atoms with Gasteiger partial charge in [-0.15, -0.1) is 0 Å². The van der Waals surface area contributed by atoms with Crippen LogP contribution in [0, 0.1) is 0 Å². The van der Waals surface area contributed by atoms with E-state index in [1.54, 1.807) is 24.5 Å². The van der Waals surface area contributed by atoms with Crippen molar-refractivity contribution in [3.8, 4) is 0 Å². The van der Waals surface area contributed by atoms with E-state index >= 15 is 0 Å². The predicted molar refractivity (Wildman–Crippen MR) is 72.6 cm³/mol. The van der Waals surface area contributed by atoms with Gasteiger partial charge in [-0.05, 0) is 52.3 Å². The zero-order valence-corrected chi connectivity index (χ0v) is 10.8. The van der Waals surface area contributed by atoms with Crippen molar-refractivity contribution < 1.29 is 9.90 Å². The van der Waals surface area contributed by atoms with E-state index in [0.29, 0.717) is 5.69 Å². The van der Waals surface area contributed by atoms with Crippen molar-refractivity contribution in [3.63, 3.8) is 0 Å². The SMILES string of the molecule is O=C(O)c1ccc(/N=C/c2cccnc2Br)cc1. The van der Waals surface area contributed by atoms with Crippen LogP contribution in [0.5, 0.6) is 0 Å². The van der Waals surface area contributed by atoms with Gasteiger partial charge in [-0.2, -0.15) is 0 Å². The van der Waals surface area contributed by atoms with Crippen molar-refractivity contribution in [2.45, 2.75) is 0 Å². The van der Waals surface area contributed by atoms with Crippen molar-refractivity contribution in [3.05, 3.63) is 58.3 Å². The molecule has 1 aromatic carbocycles. The lowest BCUT2D eigenvalue weighted by Crippen LogP contribution is -1.94. The Morgan fingerprint density at radius 1 is 1.28 bits per heavy atom. The second-order valence-corrected chi connectivity index (χ2v) is 4.24. The molecule has 4 nitrogen and oxygen atoms in total. The number of carboxylic acid groups (broad SMARTS) is 1. The summed E-state index contributed by atoms with van der Waals surface area (Å²) >= 11 is 3.32. The first kappa shape index (κ1) is 12.4. The van der Waals surface area contributed by atoms with E-state index in [1.807, 2.05) is 12.1 Å². The van der Waals surface area contributed by atoms with E-state index in [4.69, 9.17) is 5.11 Å². The molecule has 0 spiro atoms. The maximum Gasteiger partial charge on any atom is 0.335 e. The Kier molecular flexibility index (Phi) is 3.84. The molecule has 0 saturated heterocycles. The third kappa shape index (κ3) is 3.01. The Labute approximate surface area is 112 Å². The van der Waals surface area contributed by atoms with Gasteiger partial charge in [0, 0.05) is 18.0 Å². The first-order valence-electron chi connectivity index (χ1n) is 5.15. The van der Waals surface area contributed by atoms with Gasteiger partial charge in [0.2, 0.25) is 0 Å². The van der Waals surface area contributed by atoms with Gasteiger partial charge >= 0.3 is 5.97 Å². The molecule has 1 heterocycles. The summed E-state index contributed by atoms with van der Waals surface area (Å²) in [7, 11) is 0.